The summed E-state index contributed by atoms with van der Waals surface area (Å²) in [5.74, 6) is 0.906. The lowest BCUT2D eigenvalue weighted by molar-refractivity contribution is 0.214. The van der Waals surface area contributed by atoms with Crippen molar-refractivity contribution in [1.82, 2.24) is 15.0 Å². The van der Waals surface area contributed by atoms with Gasteiger partial charge in [0.2, 0.25) is 5.89 Å². The fourth-order valence-electron chi connectivity index (χ4n) is 2.63. The number of halogens is 1. The smallest absolute Gasteiger partial charge is 0.240 e. The van der Waals surface area contributed by atoms with Crippen molar-refractivity contribution in [1.29, 1.82) is 0 Å². The van der Waals surface area contributed by atoms with Crippen LogP contribution in [-0.4, -0.2) is 41.2 Å². The Morgan fingerprint density at radius 1 is 1.22 bits per heavy atom. The predicted molar refractivity (Wildman–Crippen MR) is 85.4 cm³/mol. The number of hydrogen-bond acceptors (Lipinski definition) is 6. The monoisotopic (exact) mass is 319 g/mol. The van der Waals surface area contributed by atoms with E-state index in [4.69, 9.17) is 10.3 Å². The first kappa shape index (κ1) is 15.9. The quantitative estimate of drug-likeness (QED) is 0.925. The van der Waals surface area contributed by atoms with Crippen molar-refractivity contribution < 1.29 is 8.91 Å². The molecule has 2 heterocycles. The van der Waals surface area contributed by atoms with Gasteiger partial charge < -0.3 is 15.2 Å². The van der Waals surface area contributed by atoms with Crippen molar-refractivity contribution >= 4 is 5.69 Å². The molecule has 3 rings (SSSR count). The van der Waals surface area contributed by atoms with E-state index in [1.807, 2.05) is 26.0 Å². The van der Waals surface area contributed by atoms with Crippen molar-refractivity contribution in [2.45, 2.75) is 25.9 Å². The van der Waals surface area contributed by atoms with E-state index in [1.54, 1.807) is 6.07 Å². The molecule has 0 bridgehead atoms. The molecule has 1 saturated heterocycles. The van der Waals surface area contributed by atoms with Crippen molar-refractivity contribution in [3.05, 3.63) is 41.8 Å². The maximum absolute atomic E-state index is 13.8. The van der Waals surface area contributed by atoms with Crippen LogP contribution in [0.1, 0.15) is 25.6 Å². The Kier molecular flexibility index (Phi) is 4.32. The number of hydrogen-bond donors (Lipinski definition) is 1. The van der Waals surface area contributed by atoms with Gasteiger partial charge in [0.05, 0.1) is 17.8 Å². The summed E-state index contributed by atoms with van der Waals surface area (Å²) in [6.07, 6.45) is 0. The summed E-state index contributed by atoms with van der Waals surface area (Å²) >= 11 is 0. The van der Waals surface area contributed by atoms with Crippen LogP contribution in [-0.2, 0) is 12.1 Å². The number of piperazine rings is 1. The Morgan fingerprint density at radius 2 is 1.91 bits per heavy atom. The number of nitrogens with zero attached hydrogens (tertiary/aromatic N) is 4. The van der Waals surface area contributed by atoms with Crippen LogP contribution < -0.4 is 10.6 Å². The molecule has 2 N–H and O–H groups in total. The average molecular weight is 319 g/mol. The first-order valence-electron chi connectivity index (χ1n) is 7.77. The molecule has 1 aromatic carbocycles. The van der Waals surface area contributed by atoms with Gasteiger partial charge in [0.15, 0.2) is 5.82 Å². The van der Waals surface area contributed by atoms with Crippen LogP contribution in [0.25, 0.3) is 0 Å². The number of benzene rings is 1. The minimum atomic E-state index is -0.606. The van der Waals surface area contributed by atoms with Crippen LogP contribution in [0.15, 0.2) is 28.8 Å². The molecule has 6 nitrogen and oxygen atoms in total. The highest BCUT2D eigenvalue weighted by Crippen LogP contribution is 2.21. The standard InChI is InChI=1S/C16H22FN5O/c1-16(2,18)15-19-14(23-20-15)11-21-7-9-22(10-8-21)13-6-4-3-5-12(13)17/h3-6H,7-11,18H2,1-2H3. The van der Waals surface area contributed by atoms with Crippen LogP contribution in [0.5, 0.6) is 0 Å². The van der Waals surface area contributed by atoms with Crippen LogP contribution in [0, 0.1) is 5.82 Å². The molecular formula is C16H22FN5O. The van der Waals surface area contributed by atoms with Crippen LogP contribution in [0.3, 0.4) is 0 Å². The normalized spacial score (nSPS) is 16.8. The Hall–Kier alpha value is -1.99. The van der Waals surface area contributed by atoms with Gasteiger partial charge in [-0.3, -0.25) is 4.90 Å². The second-order valence-electron chi connectivity index (χ2n) is 6.45. The SMILES string of the molecule is CC(C)(N)c1noc(CN2CCN(c3ccccc3F)CC2)n1. The van der Waals surface area contributed by atoms with Gasteiger partial charge in [-0.2, -0.15) is 4.98 Å². The molecule has 0 radical (unpaired) electrons. The molecule has 0 aliphatic carbocycles. The highest BCUT2D eigenvalue weighted by atomic mass is 19.1. The second-order valence-corrected chi connectivity index (χ2v) is 6.45. The Bertz CT molecular complexity index is 658. The third-order valence-electron chi connectivity index (χ3n) is 3.97. The lowest BCUT2D eigenvalue weighted by Crippen LogP contribution is -2.46. The zero-order valence-electron chi connectivity index (χ0n) is 13.5. The Labute approximate surface area is 135 Å². The van der Waals surface area contributed by atoms with Crippen molar-refractivity contribution in [3.8, 4) is 0 Å². The molecule has 0 amide bonds. The first-order chi connectivity index (χ1) is 10.9. The summed E-state index contributed by atoms with van der Waals surface area (Å²) in [4.78, 5) is 8.63. The number of nitrogens with two attached hydrogens (primary N) is 1. The van der Waals surface area contributed by atoms with Crippen LogP contribution in [0.2, 0.25) is 0 Å². The highest BCUT2D eigenvalue weighted by Gasteiger charge is 2.24. The Balaban J connectivity index is 1.57. The van der Waals surface area contributed by atoms with E-state index in [9.17, 15) is 4.39 Å². The summed E-state index contributed by atoms with van der Waals surface area (Å²) in [5, 5.41) is 3.93. The molecule has 0 spiro atoms. The fraction of sp³-hybridized carbons (Fsp3) is 0.500. The third-order valence-corrected chi connectivity index (χ3v) is 3.97. The van der Waals surface area contributed by atoms with Gasteiger partial charge in [0, 0.05) is 26.2 Å². The van der Waals surface area contributed by atoms with Crippen LogP contribution in [0.4, 0.5) is 10.1 Å². The van der Waals surface area contributed by atoms with E-state index in [2.05, 4.69) is 19.9 Å². The lowest BCUT2D eigenvalue weighted by Gasteiger charge is -2.35. The maximum Gasteiger partial charge on any atom is 0.240 e. The molecule has 7 heteroatoms. The number of anilines is 1. The Morgan fingerprint density at radius 3 is 2.52 bits per heavy atom. The molecule has 0 unspecified atom stereocenters. The van der Waals surface area contributed by atoms with Gasteiger partial charge in [-0.1, -0.05) is 17.3 Å². The average Bonchev–Trinajstić information content (AvgIpc) is 2.97. The third kappa shape index (κ3) is 3.68. The van der Waals surface area contributed by atoms with Gasteiger partial charge in [-0.05, 0) is 26.0 Å². The number of para-hydroxylation sites is 1. The molecule has 0 atom stereocenters. The molecule has 1 aliphatic rings. The molecule has 1 fully saturated rings. The summed E-state index contributed by atoms with van der Waals surface area (Å²) in [7, 11) is 0. The van der Waals surface area contributed by atoms with E-state index in [1.165, 1.54) is 6.07 Å². The number of rotatable bonds is 4. The maximum atomic E-state index is 13.8. The fourth-order valence-corrected chi connectivity index (χ4v) is 2.63. The van der Waals surface area contributed by atoms with Crippen molar-refractivity contribution in [2.24, 2.45) is 5.73 Å². The lowest BCUT2D eigenvalue weighted by atomic mass is 10.1. The zero-order valence-corrected chi connectivity index (χ0v) is 13.5. The highest BCUT2D eigenvalue weighted by molar-refractivity contribution is 5.47. The molecule has 2 aromatic rings. The van der Waals surface area contributed by atoms with E-state index < -0.39 is 5.54 Å². The second kappa shape index (κ2) is 6.25. The molecule has 23 heavy (non-hydrogen) atoms. The topological polar surface area (TPSA) is 71.4 Å². The summed E-state index contributed by atoms with van der Waals surface area (Å²) in [6, 6.07) is 6.88. The molecule has 1 aliphatic heterocycles. The van der Waals surface area contributed by atoms with Gasteiger partial charge in [0.25, 0.3) is 0 Å². The van der Waals surface area contributed by atoms with Crippen LogP contribution >= 0.6 is 0 Å². The minimum absolute atomic E-state index is 0.173. The summed E-state index contributed by atoms with van der Waals surface area (Å²) in [6.45, 7) is 7.45. The van der Waals surface area contributed by atoms with E-state index >= 15 is 0 Å². The van der Waals surface area contributed by atoms with Gasteiger partial charge >= 0.3 is 0 Å². The van der Waals surface area contributed by atoms with E-state index in [-0.39, 0.29) is 5.82 Å². The molecule has 0 saturated carbocycles. The molecular weight excluding hydrogens is 297 g/mol. The first-order valence-corrected chi connectivity index (χ1v) is 7.77. The summed E-state index contributed by atoms with van der Waals surface area (Å²) in [5.41, 5.74) is 6.02. The van der Waals surface area contributed by atoms with Crippen molar-refractivity contribution in [2.75, 3.05) is 31.1 Å². The number of aromatic nitrogens is 2. The molecule has 124 valence electrons. The largest absolute Gasteiger partial charge is 0.367 e. The van der Waals surface area contributed by atoms with Crippen molar-refractivity contribution in [3.63, 3.8) is 0 Å². The van der Waals surface area contributed by atoms with Gasteiger partial charge in [-0.25, -0.2) is 4.39 Å². The zero-order chi connectivity index (χ0) is 16.4. The minimum Gasteiger partial charge on any atom is -0.367 e. The van der Waals surface area contributed by atoms with Gasteiger partial charge in [-0.15, -0.1) is 0 Å². The van der Waals surface area contributed by atoms with E-state index in [0.717, 1.165) is 26.2 Å². The molecule has 1 aromatic heterocycles. The predicted octanol–water partition coefficient (Wildman–Crippen LogP) is 1.72. The van der Waals surface area contributed by atoms with Gasteiger partial charge in [0.1, 0.15) is 5.82 Å². The van der Waals surface area contributed by atoms with E-state index in [0.29, 0.717) is 23.9 Å². The summed E-state index contributed by atoms with van der Waals surface area (Å²) < 4.78 is 19.1.